The van der Waals surface area contributed by atoms with Crippen LogP contribution in [0.5, 0.6) is 5.88 Å². The summed E-state index contributed by atoms with van der Waals surface area (Å²) in [6, 6.07) is 23.8. The second-order valence-corrected chi connectivity index (χ2v) is 5.01. The second kappa shape index (κ2) is 15.4. The van der Waals surface area contributed by atoms with Gasteiger partial charge >= 0.3 is 138 Å². The van der Waals surface area contributed by atoms with Crippen molar-refractivity contribution >= 4 is 12.0 Å². The number of aromatic nitrogens is 1. The van der Waals surface area contributed by atoms with Crippen LogP contribution in [0, 0.1) is 0 Å². The van der Waals surface area contributed by atoms with Crippen LogP contribution in [0.2, 0.25) is 0 Å². The van der Waals surface area contributed by atoms with Gasteiger partial charge in [-0.3, -0.25) is 0 Å². The molecule has 0 aliphatic rings. The number of nitrogen functional groups attached to an aromatic ring is 1. The fourth-order valence-electron chi connectivity index (χ4n) is 2.13. The van der Waals surface area contributed by atoms with Gasteiger partial charge in [0.2, 0.25) is 5.88 Å². The summed E-state index contributed by atoms with van der Waals surface area (Å²) in [7, 11) is 0. The van der Waals surface area contributed by atoms with E-state index in [2.05, 4.69) is 4.98 Å². The fraction of sp³-hybridized carbons (Fsp3) is 0.0526. The van der Waals surface area contributed by atoms with Gasteiger partial charge in [-0.2, -0.15) is 4.98 Å². The third-order valence-electron chi connectivity index (χ3n) is 3.16. The van der Waals surface area contributed by atoms with Gasteiger partial charge in [0.1, 0.15) is 12.4 Å². The van der Waals surface area contributed by atoms with Crippen molar-refractivity contribution in [2.24, 2.45) is 0 Å². The quantitative estimate of drug-likeness (QED) is 0.323. The SMILES string of the molecule is Nc1cc(-c2ccccc2)cc(OCc2ccccc2)n1.O=C([O-])[O-].[Cs+].[Cs+]. The van der Waals surface area contributed by atoms with Crippen LogP contribution < -0.4 is 158 Å². The van der Waals surface area contributed by atoms with E-state index in [0.29, 0.717) is 18.3 Å². The average Bonchev–Trinajstić information content (AvgIpc) is 2.61. The number of nitrogens with two attached hydrogens (primary N) is 1. The first-order valence-corrected chi connectivity index (χ1v) is 7.42. The topological polar surface area (TPSA) is 111 Å². The van der Waals surface area contributed by atoms with Crippen molar-refractivity contribution in [2.45, 2.75) is 6.61 Å². The molecule has 1 aromatic heterocycles. The first kappa shape index (κ1) is 27.6. The zero-order valence-electron chi connectivity index (χ0n) is 15.3. The molecule has 0 aliphatic heterocycles. The molecule has 0 radical (unpaired) electrons. The molecule has 0 amide bonds. The van der Waals surface area contributed by atoms with Gasteiger partial charge in [-0.25, -0.2) is 0 Å². The Labute approximate surface area is 275 Å². The van der Waals surface area contributed by atoms with Crippen molar-refractivity contribution in [1.82, 2.24) is 4.98 Å². The van der Waals surface area contributed by atoms with Crippen LogP contribution in [0.25, 0.3) is 11.1 Å². The summed E-state index contributed by atoms with van der Waals surface area (Å²) in [6.45, 7) is 0.478. The molecule has 2 aromatic carbocycles. The van der Waals surface area contributed by atoms with E-state index in [4.69, 9.17) is 25.5 Å². The molecular formula is C19H16Cs2N2O4. The molecule has 1 heterocycles. The number of benzene rings is 2. The van der Waals surface area contributed by atoms with Crippen molar-refractivity contribution in [3.8, 4) is 17.0 Å². The van der Waals surface area contributed by atoms with Gasteiger partial charge in [-0.15, -0.1) is 0 Å². The number of carbonyl (C=O) groups is 1. The van der Waals surface area contributed by atoms with Crippen molar-refractivity contribution in [1.29, 1.82) is 0 Å². The molecule has 0 bridgehead atoms. The predicted octanol–water partition coefficient (Wildman–Crippen LogP) is -4.53. The number of nitrogens with zero attached hydrogens (tertiary/aromatic N) is 1. The number of pyridine rings is 1. The van der Waals surface area contributed by atoms with Crippen LogP contribution in [0.4, 0.5) is 10.6 Å². The number of carbonyl (C=O) groups excluding carboxylic acids is 1. The largest absolute Gasteiger partial charge is 1.00 e. The fourth-order valence-corrected chi connectivity index (χ4v) is 2.13. The summed E-state index contributed by atoms with van der Waals surface area (Å²) < 4.78 is 5.74. The van der Waals surface area contributed by atoms with Crippen LogP contribution in [-0.2, 0) is 6.61 Å². The molecule has 3 rings (SSSR count). The van der Waals surface area contributed by atoms with Gasteiger partial charge in [-0.05, 0) is 28.9 Å². The average molecular weight is 602 g/mol. The van der Waals surface area contributed by atoms with Gasteiger partial charge < -0.3 is 25.5 Å². The standard InChI is InChI=1S/C18H16N2O.CH2O3.2Cs/c19-17-11-16(15-9-5-2-6-10-15)12-18(20-17)21-13-14-7-3-1-4-8-14;2-1(3)4;;/h1-12H,13H2,(H2,19,20);(H2,2,3,4);;/q;;2*+1/p-2. The monoisotopic (exact) mass is 602 g/mol. The van der Waals surface area contributed by atoms with Gasteiger partial charge in [0.25, 0.3) is 0 Å². The van der Waals surface area contributed by atoms with E-state index in [1.807, 2.05) is 72.8 Å². The molecule has 128 valence electrons. The molecule has 0 fully saturated rings. The Balaban J connectivity index is 0.00000103. The Morgan fingerprint density at radius 1 is 0.889 bits per heavy atom. The maximum atomic E-state index is 8.33. The predicted molar refractivity (Wildman–Crippen MR) is 90.3 cm³/mol. The zero-order valence-corrected chi connectivity index (χ0v) is 27.9. The van der Waals surface area contributed by atoms with E-state index in [1.165, 1.54) is 0 Å². The van der Waals surface area contributed by atoms with Crippen LogP contribution in [0.15, 0.2) is 72.8 Å². The summed E-state index contributed by atoms with van der Waals surface area (Å²) in [5.74, 6) is 0.997. The molecular weight excluding hydrogens is 586 g/mol. The molecule has 0 aliphatic carbocycles. The number of anilines is 1. The third-order valence-corrected chi connectivity index (χ3v) is 3.16. The van der Waals surface area contributed by atoms with E-state index in [9.17, 15) is 0 Å². The Bertz CT molecular complexity index is 814. The molecule has 27 heavy (non-hydrogen) atoms. The molecule has 0 atom stereocenters. The minimum atomic E-state index is -2.33. The van der Waals surface area contributed by atoms with Crippen molar-refractivity contribution in [3.63, 3.8) is 0 Å². The first-order valence-electron chi connectivity index (χ1n) is 7.42. The van der Waals surface area contributed by atoms with E-state index in [1.54, 1.807) is 0 Å². The molecule has 6 nitrogen and oxygen atoms in total. The molecule has 0 saturated carbocycles. The summed E-state index contributed by atoms with van der Waals surface area (Å²) in [5.41, 5.74) is 9.07. The summed E-state index contributed by atoms with van der Waals surface area (Å²) in [6.07, 6.45) is -2.33. The van der Waals surface area contributed by atoms with Gasteiger partial charge in [0, 0.05) is 6.07 Å². The molecule has 0 saturated heterocycles. The maximum Gasteiger partial charge on any atom is 1.00 e. The van der Waals surface area contributed by atoms with Gasteiger partial charge in [-0.1, -0.05) is 60.7 Å². The molecule has 3 aromatic rings. The zero-order chi connectivity index (χ0) is 18.1. The van der Waals surface area contributed by atoms with Crippen molar-refractivity contribution in [2.75, 3.05) is 5.73 Å². The smallest absolute Gasteiger partial charge is 0.652 e. The minimum Gasteiger partial charge on any atom is -0.652 e. The summed E-state index contributed by atoms with van der Waals surface area (Å²) in [5, 5.41) is 16.7. The maximum absolute atomic E-state index is 8.33. The molecule has 8 heteroatoms. The summed E-state index contributed by atoms with van der Waals surface area (Å²) in [4.78, 5) is 12.6. The van der Waals surface area contributed by atoms with Crippen molar-refractivity contribution in [3.05, 3.63) is 78.4 Å². The molecule has 0 unspecified atom stereocenters. The van der Waals surface area contributed by atoms with Crippen molar-refractivity contribution < 1.29 is 158 Å². The third kappa shape index (κ3) is 11.4. The Morgan fingerprint density at radius 2 is 1.41 bits per heavy atom. The summed E-state index contributed by atoms with van der Waals surface area (Å²) >= 11 is 0. The van der Waals surface area contributed by atoms with Crippen LogP contribution >= 0.6 is 0 Å². The van der Waals surface area contributed by atoms with E-state index in [-0.39, 0.29) is 138 Å². The van der Waals surface area contributed by atoms with Crippen LogP contribution in [0.3, 0.4) is 0 Å². The Kier molecular flexibility index (Phi) is 15.7. The number of carboxylic acid groups (broad SMARTS) is 2. The molecule has 2 N–H and O–H groups in total. The van der Waals surface area contributed by atoms with Gasteiger partial charge in [0.15, 0.2) is 0 Å². The minimum absolute atomic E-state index is 0. The first-order chi connectivity index (χ1) is 12.0. The normalized spacial score (nSPS) is 8.89. The van der Waals surface area contributed by atoms with E-state index >= 15 is 0 Å². The second-order valence-electron chi connectivity index (χ2n) is 5.01. The van der Waals surface area contributed by atoms with E-state index < -0.39 is 6.16 Å². The number of hydrogen-bond donors (Lipinski definition) is 1. The molecule has 0 spiro atoms. The van der Waals surface area contributed by atoms with E-state index in [0.717, 1.165) is 16.7 Å². The number of ether oxygens (including phenoxy) is 1. The number of hydrogen-bond acceptors (Lipinski definition) is 6. The number of rotatable bonds is 4. The Morgan fingerprint density at radius 3 is 1.96 bits per heavy atom. The Hall–Kier alpha value is 0.564. The van der Waals surface area contributed by atoms with Gasteiger partial charge in [0.05, 0.1) is 0 Å². The van der Waals surface area contributed by atoms with Crippen LogP contribution in [-0.4, -0.2) is 11.1 Å². The van der Waals surface area contributed by atoms with Crippen LogP contribution in [0.1, 0.15) is 5.56 Å².